The average Bonchev–Trinajstić information content (AvgIpc) is 2.67. The third kappa shape index (κ3) is 2.55. The van der Waals surface area contributed by atoms with Crippen LogP contribution in [0, 0.1) is 0 Å². The molecule has 1 aromatic carbocycles. The van der Waals surface area contributed by atoms with E-state index in [9.17, 15) is 0 Å². The molecule has 2 aromatic rings. The molecule has 1 heterocycles. The van der Waals surface area contributed by atoms with Gasteiger partial charge in [-0.25, -0.2) is 0 Å². The van der Waals surface area contributed by atoms with Gasteiger partial charge in [-0.05, 0) is 22.5 Å². The molecule has 0 saturated heterocycles. The van der Waals surface area contributed by atoms with Crippen LogP contribution in [0.5, 0.6) is 0 Å². The van der Waals surface area contributed by atoms with Crippen LogP contribution in [0.3, 0.4) is 0 Å². The normalized spacial score (nSPS) is 13.2. The number of rotatable bonds is 1. The van der Waals surface area contributed by atoms with Crippen LogP contribution in [-0.4, -0.2) is 0 Å². The molecule has 0 aliphatic carbocycles. The summed E-state index contributed by atoms with van der Waals surface area (Å²) < 4.78 is 5.79. The van der Waals surface area contributed by atoms with Crippen molar-refractivity contribution in [3.05, 3.63) is 35.1 Å². The molecule has 0 unspecified atom stereocenters. The quantitative estimate of drug-likeness (QED) is 0.819. The fraction of sp³-hybridized carbons (Fsp3) is 0.529. The van der Waals surface area contributed by atoms with Gasteiger partial charge in [-0.1, -0.05) is 47.6 Å². The van der Waals surface area contributed by atoms with Crippen LogP contribution in [0.1, 0.15) is 58.2 Å². The average molecular weight is 259 g/mol. The van der Waals surface area contributed by atoms with Crippen molar-refractivity contribution in [2.24, 2.45) is 5.73 Å². The molecule has 104 valence electrons. The van der Waals surface area contributed by atoms with Crippen LogP contribution in [0.15, 0.2) is 22.8 Å². The molecular formula is C17H25NO. The van der Waals surface area contributed by atoms with Gasteiger partial charge >= 0.3 is 0 Å². The maximum atomic E-state index is 5.82. The topological polar surface area (TPSA) is 39.2 Å². The van der Waals surface area contributed by atoms with Crippen molar-refractivity contribution in [1.29, 1.82) is 0 Å². The highest BCUT2D eigenvalue weighted by atomic mass is 16.3. The van der Waals surface area contributed by atoms with Gasteiger partial charge < -0.3 is 10.2 Å². The van der Waals surface area contributed by atoms with Crippen LogP contribution in [0.2, 0.25) is 0 Å². The smallest absolute Gasteiger partial charge is 0.137 e. The lowest BCUT2D eigenvalue weighted by Crippen LogP contribution is -2.16. The van der Waals surface area contributed by atoms with E-state index in [0.717, 1.165) is 11.1 Å². The van der Waals surface area contributed by atoms with E-state index in [0.29, 0.717) is 6.54 Å². The highest BCUT2D eigenvalue weighted by Gasteiger charge is 2.24. The minimum absolute atomic E-state index is 0.0588. The van der Waals surface area contributed by atoms with E-state index < -0.39 is 0 Å². The number of benzene rings is 1. The van der Waals surface area contributed by atoms with Crippen molar-refractivity contribution in [3.8, 4) is 0 Å². The SMILES string of the molecule is CC(C)(C)c1cc(C(C)(C)C)c2occ(CN)c2c1. The van der Waals surface area contributed by atoms with Crippen LogP contribution < -0.4 is 5.73 Å². The summed E-state index contributed by atoms with van der Waals surface area (Å²) in [4.78, 5) is 0. The Balaban J connectivity index is 2.83. The van der Waals surface area contributed by atoms with Crippen molar-refractivity contribution in [2.45, 2.75) is 58.9 Å². The number of hydrogen-bond donors (Lipinski definition) is 1. The number of fused-ring (bicyclic) bond motifs is 1. The summed E-state index contributed by atoms with van der Waals surface area (Å²) in [5.74, 6) is 0. The summed E-state index contributed by atoms with van der Waals surface area (Å²) in [6, 6.07) is 4.52. The molecule has 0 fully saturated rings. The molecule has 0 aliphatic rings. The molecule has 0 atom stereocenters. The van der Waals surface area contributed by atoms with Gasteiger partial charge in [0.25, 0.3) is 0 Å². The van der Waals surface area contributed by atoms with Crippen molar-refractivity contribution < 1.29 is 4.42 Å². The maximum Gasteiger partial charge on any atom is 0.137 e. The van der Waals surface area contributed by atoms with Crippen molar-refractivity contribution >= 4 is 11.0 Å². The first-order valence-corrected chi connectivity index (χ1v) is 6.90. The number of furan rings is 1. The maximum absolute atomic E-state index is 5.82. The molecule has 2 heteroatoms. The highest BCUT2D eigenvalue weighted by molar-refractivity contribution is 5.86. The second-order valence-corrected chi connectivity index (χ2v) is 7.37. The zero-order chi connectivity index (χ0) is 14.4. The van der Waals surface area contributed by atoms with E-state index >= 15 is 0 Å². The van der Waals surface area contributed by atoms with Gasteiger partial charge in [0.15, 0.2) is 0 Å². The van der Waals surface area contributed by atoms with Gasteiger partial charge in [0, 0.05) is 23.1 Å². The minimum atomic E-state index is 0.0588. The van der Waals surface area contributed by atoms with Crippen molar-refractivity contribution in [3.63, 3.8) is 0 Å². The summed E-state index contributed by atoms with van der Waals surface area (Å²) in [5, 5.41) is 1.17. The lowest BCUT2D eigenvalue weighted by Gasteiger charge is -2.25. The van der Waals surface area contributed by atoms with Gasteiger partial charge in [-0.15, -0.1) is 0 Å². The lowest BCUT2D eigenvalue weighted by atomic mass is 9.79. The Morgan fingerprint density at radius 1 is 1.00 bits per heavy atom. The third-order valence-corrected chi connectivity index (χ3v) is 3.65. The molecule has 0 spiro atoms. The van der Waals surface area contributed by atoms with Crippen molar-refractivity contribution in [2.75, 3.05) is 0 Å². The predicted octanol–water partition coefficient (Wildman–Crippen LogP) is 4.49. The van der Waals surface area contributed by atoms with E-state index in [1.807, 2.05) is 0 Å². The lowest BCUT2D eigenvalue weighted by molar-refractivity contribution is 0.549. The Bertz CT molecular complexity index is 594. The van der Waals surface area contributed by atoms with Crippen LogP contribution in [0.4, 0.5) is 0 Å². The van der Waals surface area contributed by atoms with Gasteiger partial charge in [-0.3, -0.25) is 0 Å². The summed E-state index contributed by atoms with van der Waals surface area (Å²) >= 11 is 0. The second-order valence-electron chi connectivity index (χ2n) is 7.37. The van der Waals surface area contributed by atoms with E-state index in [1.54, 1.807) is 6.26 Å². The molecule has 1 aromatic heterocycles. The van der Waals surface area contributed by atoms with Crippen LogP contribution in [0.25, 0.3) is 11.0 Å². The summed E-state index contributed by atoms with van der Waals surface area (Å²) in [7, 11) is 0. The molecule has 0 aliphatic heterocycles. The molecular weight excluding hydrogens is 234 g/mol. The van der Waals surface area contributed by atoms with Crippen LogP contribution >= 0.6 is 0 Å². The van der Waals surface area contributed by atoms with Gasteiger partial charge in [0.1, 0.15) is 5.58 Å². The van der Waals surface area contributed by atoms with Gasteiger partial charge in [-0.2, -0.15) is 0 Å². The fourth-order valence-corrected chi connectivity index (χ4v) is 2.34. The fourth-order valence-electron chi connectivity index (χ4n) is 2.34. The van der Waals surface area contributed by atoms with Gasteiger partial charge in [0.2, 0.25) is 0 Å². The first kappa shape index (κ1) is 14.1. The molecule has 2 nitrogen and oxygen atoms in total. The zero-order valence-corrected chi connectivity index (χ0v) is 12.9. The zero-order valence-electron chi connectivity index (χ0n) is 12.9. The van der Waals surface area contributed by atoms with Crippen molar-refractivity contribution in [1.82, 2.24) is 0 Å². The molecule has 0 bridgehead atoms. The Morgan fingerprint density at radius 2 is 1.63 bits per heavy atom. The summed E-state index contributed by atoms with van der Waals surface area (Å²) in [6.45, 7) is 13.9. The summed E-state index contributed by atoms with van der Waals surface area (Å²) in [5.41, 5.74) is 10.7. The van der Waals surface area contributed by atoms with E-state index in [-0.39, 0.29) is 10.8 Å². The Morgan fingerprint density at radius 3 is 2.11 bits per heavy atom. The Labute approximate surface area is 116 Å². The molecule has 0 saturated carbocycles. The number of nitrogens with two attached hydrogens (primary N) is 1. The summed E-state index contributed by atoms with van der Waals surface area (Å²) in [6.07, 6.45) is 1.80. The van der Waals surface area contributed by atoms with E-state index in [4.69, 9.17) is 10.2 Å². The monoisotopic (exact) mass is 259 g/mol. The minimum Gasteiger partial charge on any atom is -0.464 e. The predicted molar refractivity (Wildman–Crippen MR) is 81.5 cm³/mol. The van der Waals surface area contributed by atoms with Crippen LogP contribution in [-0.2, 0) is 17.4 Å². The molecule has 19 heavy (non-hydrogen) atoms. The molecule has 0 radical (unpaired) electrons. The standard InChI is InChI=1S/C17H25NO/c1-16(2,3)12-7-13-11(9-18)10-19-15(13)14(8-12)17(4,5)6/h7-8,10H,9,18H2,1-6H3. The number of hydrogen-bond acceptors (Lipinski definition) is 2. The molecule has 2 N–H and O–H groups in total. The molecule has 2 rings (SSSR count). The first-order valence-electron chi connectivity index (χ1n) is 6.90. The third-order valence-electron chi connectivity index (χ3n) is 3.65. The van der Waals surface area contributed by atoms with Gasteiger partial charge in [0.05, 0.1) is 6.26 Å². The molecule has 0 amide bonds. The Hall–Kier alpha value is -1.28. The second kappa shape index (κ2) is 4.38. The Kier molecular flexibility index (Phi) is 3.26. The first-order chi connectivity index (χ1) is 8.64. The largest absolute Gasteiger partial charge is 0.464 e. The highest BCUT2D eigenvalue weighted by Crippen LogP contribution is 2.37. The van der Waals surface area contributed by atoms with E-state index in [1.165, 1.54) is 16.5 Å². The van der Waals surface area contributed by atoms with E-state index in [2.05, 4.69) is 53.7 Å².